The summed E-state index contributed by atoms with van der Waals surface area (Å²) in [6.07, 6.45) is 0.656. The Balaban J connectivity index is 2.14. The van der Waals surface area contributed by atoms with E-state index in [9.17, 15) is 19.5 Å². The molecule has 9 nitrogen and oxygen atoms in total. The van der Waals surface area contributed by atoms with Crippen LogP contribution in [0.5, 0.6) is 5.75 Å². The molecule has 0 saturated carbocycles. The van der Waals surface area contributed by atoms with Crippen molar-refractivity contribution in [3.05, 3.63) is 57.9 Å². The highest BCUT2D eigenvalue weighted by Crippen LogP contribution is 2.41. The third kappa shape index (κ3) is 5.31. The Labute approximate surface area is 211 Å². The largest absolute Gasteiger partial charge is 0.507 e. The van der Waals surface area contributed by atoms with Gasteiger partial charge < -0.3 is 29.4 Å². The average molecular weight is 498 g/mol. The highest BCUT2D eigenvalue weighted by Gasteiger charge is 2.46. The lowest BCUT2D eigenvalue weighted by Gasteiger charge is -2.26. The number of hydrogen-bond acceptors (Lipinski definition) is 7. The predicted octanol–water partition coefficient (Wildman–Crippen LogP) is 3.58. The van der Waals surface area contributed by atoms with E-state index in [4.69, 9.17) is 9.47 Å². The van der Waals surface area contributed by atoms with E-state index >= 15 is 0 Å². The van der Waals surface area contributed by atoms with Gasteiger partial charge in [0, 0.05) is 17.8 Å². The number of amides is 1. The number of ketones is 1. The van der Waals surface area contributed by atoms with Gasteiger partial charge in [0.2, 0.25) is 0 Å². The number of nitrogens with one attached hydrogen (secondary N) is 1. The second kappa shape index (κ2) is 11.4. The standard InChI is InChI=1S/C27H35N3O6/c1-7-35-19-12-10-18(11-13-19)23-21(25(32)26(33)30(23)15-9-14-29(5)6)24(31)20-16(3)22(28-17(20)4)27(34)36-8-2/h10-13,23,28,31H,7-9,14-15H2,1-6H3/t23-/m1/s1. The second-order valence-corrected chi connectivity index (χ2v) is 9.00. The number of benzene rings is 1. The van der Waals surface area contributed by atoms with E-state index in [0.717, 1.165) is 6.54 Å². The van der Waals surface area contributed by atoms with Crippen molar-refractivity contribution in [1.82, 2.24) is 14.8 Å². The summed E-state index contributed by atoms with van der Waals surface area (Å²) in [7, 11) is 3.88. The van der Waals surface area contributed by atoms with Crippen LogP contribution in [-0.4, -0.2) is 77.9 Å². The summed E-state index contributed by atoms with van der Waals surface area (Å²) in [5.74, 6) is -1.62. The fraction of sp³-hybridized carbons (Fsp3) is 0.444. The number of H-pyrrole nitrogens is 1. The van der Waals surface area contributed by atoms with Gasteiger partial charge in [-0.25, -0.2) is 4.79 Å². The summed E-state index contributed by atoms with van der Waals surface area (Å²) in [6, 6.07) is 6.39. The summed E-state index contributed by atoms with van der Waals surface area (Å²) >= 11 is 0. The van der Waals surface area contributed by atoms with Gasteiger partial charge in [0.15, 0.2) is 0 Å². The monoisotopic (exact) mass is 497 g/mol. The Morgan fingerprint density at radius 2 is 1.78 bits per heavy atom. The maximum Gasteiger partial charge on any atom is 0.355 e. The van der Waals surface area contributed by atoms with E-state index in [0.29, 0.717) is 47.7 Å². The van der Waals surface area contributed by atoms with Gasteiger partial charge in [-0.1, -0.05) is 12.1 Å². The molecule has 1 aliphatic heterocycles. The van der Waals surface area contributed by atoms with E-state index < -0.39 is 23.7 Å². The molecule has 1 aromatic heterocycles. The summed E-state index contributed by atoms with van der Waals surface area (Å²) < 4.78 is 10.7. The Kier molecular flexibility index (Phi) is 8.57. The highest BCUT2D eigenvalue weighted by atomic mass is 16.5. The predicted molar refractivity (Wildman–Crippen MR) is 136 cm³/mol. The number of likely N-dealkylation sites (tertiary alicyclic amines) is 1. The van der Waals surface area contributed by atoms with E-state index in [2.05, 4.69) is 4.98 Å². The van der Waals surface area contributed by atoms with Crippen molar-refractivity contribution in [2.24, 2.45) is 0 Å². The van der Waals surface area contributed by atoms with Crippen molar-refractivity contribution < 1.29 is 29.0 Å². The van der Waals surface area contributed by atoms with E-state index in [1.807, 2.05) is 25.9 Å². The number of aromatic nitrogens is 1. The molecule has 1 atom stereocenters. The van der Waals surface area contributed by atoms with Crippen LogP contribution in [0.25, 0.3) is 5.76 Å². The van der Waals surface area contributed by atoms with Crippen molar-refractivity contribution in [2.45, 2.75) is 40.2 Å². The maximum atomic E-state index is 13.3. The molecule has 1 saturated heterocycles. The van der Waals surface area contributed by atoms with Crippen LogP contribution < -0.4 is 4.74 Å². The van der Waals surface area contributed by atoms with E-state index in [1.165, 1.54) is 4.90 Å². The van der Waals surface area contributed by atoms with Crippen LogP contribution >= 0.6 is 0 Å². The molecule has 1 aromatic carbocycles. The fourth-order valence-electron chi connectivity index (χ4n) is 4.57. The minimum atomic E-state index is -0.775. The molecule has 0 radical (unpaired) electrons. The normalized spacial score (nSPS) is 17.2. The number of Topliss-reactive ketones (excluding diaryl/α,β-unsaturated/α-hetero) is 1. The molecule has 0 aliphatic carbocycles. The van der Waals surface area contributed by atoms with Gasteiger partial charge in [-0.2, -0.15) is 0 Å². The topological polar surface area (TPSA) is 112 Å². The molecular formula is C27H35N3O6. The molecule has 1 amide bonds. The van der Waals surface area contributed by atoms with Gasteiger partial charge in [0.25, 0.3) is 11.7 Å². The molecule has 1 fully saturated rings. The molecule has 0 spiro atoms. The summed E-state index contributed by atoms with van der Waals surface area (Å²) in [6.45, 7) is 8.75. The minimum absolute atomic E-state index is 0.00498. The van der Waals surface area contributed by atoms with E-state index in [1.54, 1.807) is 45.0 Å². The third-order valence-electron chi connectivity index (χ3n) is 6.21. The SMILES string of the molecule is CCOC(=O)c1[nH]c(C)c(C(O)=C2C(=O)C(=O)N(CCCN(C)C)[C@@H]2c2ccc(OCC)cc2)c1C. The van der Waals surface area contributed by atoms with Crippen LogP contribution in [0.3, 0.4) is 0 Å². The number of carbonyl (C=O) groups is 3. The number of nitrogens with zero attached hydrogens (tertiary/aromatic N) is 2. The Morgan fingerprint density at radius 3 is 2.36 bits per heavy atom. The molecule has 0 bridgehead atoms. The zero-order valence-corrected chi connectivity index (χ0v) is 21.8. The molecule has 1 aliphatic rings. The molecule has 194 valence electrons. The number of aryl methyl sites for hydroxylation is 1. The first kappa shape index (κ1) is 27.0. The summed E-state index contributed by atoms with van der Waals surface area (Å²) in [4.78, 5) is 45.3. The van der Waals surface area contributed by atoms with Gasteiger partial charge >= 0.3 is 5.97 Å². The zero-order chi connectivity index (χ0) is 26.6. The smallest absolute Gasteiger partial charge is 0.355 e. The van der Waals surface area contributed by atoms with Gasteiger partial charge in [-0.15, -0.1) is 0 Å². The number of hydrogen-bond donors (Lipinski definition) is 2. The Bertz CT molecular complexity index is 1160. The van der Waals surface area contributed by atoms with Crippen LogP contribution in [0.4, 0.5) is 0 Å². The molecule has 9 heteroatoms. The molecule has 0 unspecified atom stereocenters. The number of rotatable bonds is 10. The summed E-state index contributed by atoms with van der Waals surface area (Å²) in [5, 5.41) is 11.5. The van der Waals surface area contributed by atoms with E-state index in [-0.39, 0.29) is 23.6 Å². The Hall–Kier alpha value is -3.59. The second-order valence-electron chi connectivity index (χ2n) is 9.00. The number of ether oxygens (including phenoxy) is 2. The van der Waals surface area contributed by atoms with Crippen molar-refractivity contribution in [3.8, 4) is 5.75 Å². The highest BCUT2D eigenvalue weighted by molar-refractivity contribution is 6.46. The first-order valence-electron chi connectivity index (χ1n) is 12.1. The Morgan fingerprint density at radius 1 is 1.11 bits per heavy atom. The summed E-state index contributed by atoms with van der Waals surface area (Å²) in [5.41, 5.74) is 2.15. The van der Waals surface area contributed by atoms with Crippen LogP contribution in [0, 0.1) is 13.8 Å². The zero-order valence-electron chi connectivity index (χ0n) is 21.8. The van der Waals surface area contributed by atoms with Crippen molar-refractivity contribution >= 4 is 23.4 Å². The molecule has 2 N–H and O–H groups in total. The van der Waals surface area contributed by atoms with Crippen LogP contribution in [0.15, 0.2) is 29.8 Å². The number of aliphatic hydroxyl groups is 1. The molecular weight excluding hydrogens is 462 g/mol. The third-order valence-corrected chi connectivity index (χ3v) is 6.21. The fourth-order valence-corrected chi connectivity index (χ4v) is 4.57. The molecule has 36 heavy (non-hydrogen) atoms. The van der Waals surface area contributed by atoms with Crippen LogP contribution in [0.2, 0.25) is 0 Å². The van der Waals surface area contributed by atoms with Gasteiger partial charge in [0.1, 0.15) is 17.2 Å². The van der Waals surface area contributed by atoms with Crippen molar-refractivity contribution in [2.75, 3.05) is 40.4 Å². The van der Waals surface area contributed by atoms with Crippen molar-refractivity contribution in [1.29, 1.82) is 0 Å². The van der Waals surface area contributed by atoms with Crippen molar-refractivity contribution in [3.63, 3.8) is 0 Å². The molecule has 3 rings (SSSR count). The van der Waals surface area contributed by atoms with Crippen LogP contribution in [-0.2, 0) is 14.3 Å². The van der Waals surface area contributed by atoms with Crippen LogP contribution in [0.1, 0.15) is 59.2 Å². The average Bonchev–Trinajstić information content (AvgIpc) is 3.27. The number of aromatic amines is 1. The number of esters is 1. The number of carbonyl (C=O) groups excluding carboxylic acids is 3. The first-order valence-corrected chi connectivity index (χ1v) is 12.1. The first-order chi connectivity index (χ1) is 17.1. The lowest BCUT2D eigenvalue weighted by molar-refractivity contribution is -0.139. The maximum absolute atomic E-state index is 13.3. The van der Waals surface area contributed by atoms with Gasteiger partial charge in [0.05, 0.1) is 24.8 Å². The van der Waals surface area contributed by atoms with Gasteiger partial charge in [-0.3, -0.25) is 9.59 Å². The lowest BCUT2D eigenvalue weighted by atomic mass is 9.94. The lowest BCUT2D eigenvalue weighted by Crippen LogP contribution is -2.32. The molecule has 2 aromatic rings. The quantitative estimate of drug-likeness (QED) is 0.223. The minimum Gasteiger partial charge on any atom is -0.507 e. The molecule has 2 heterocycles. The number of aliphatic hydroxyl groups excluding tert-OH is 1. The van der Waals surface area contributed by atoms with Gasteiger partial charge in [-0.05, 0) is 78.0 Å².